The van der Waals surface area contributed by atoms with E-state index in [9.17, 15) is 9.18 Å². The van der Waals surface area contributed by atoms with Gasteiger partial charge in [-0.2, -0.15) is 0 Å². The molecule has 1 aliphatic heterocycles. The summed E-state index contributed by atoms with van der Waals surface area (Å²) in [6.07, 6.45) is 0.823. The molecule has 1 amide bonds. The lowest BCUT2D eigenvalue weighted by atomic mass is 10.0. The average Bonchev–Trinajstić information content (AvgIpc) is 3.04. The van der Waals surface area contributed by atoms with E-state index in [1.165, 1.54) is 12.1 Å². The molecule has 0 unspecified atom stereocenters. The number of carbonyl (C=O) groups excluding carboxylic acids is 1. The van der Waals surface area contributed by atoms with E-state index in [0.717, 1.165) is 18.5 Å². The molecule has 1 fully saturated rings. The van der Waals surface area contributed by atoms with Crippen molar-refractivity contribution in [1.82, 2.24) is 5.32 Å². The zero-order chi connectivity index (χ0) is 15.5. The van der Waals surface area contributed by atoms with Crippen LogP contribution in [0.25, 0.3) is 11.1 Å². The van der Waals surface area contributed by atoms with Gasteiger partial charge in [-0.1, -0.05) is 23.7 Å². The summed E-state index contributed by atoms with van der Waals surface area (Å²) in [5.74, 6) is -0.416. The van der Waals surface area contributed by atoms with Gasteiger partial charge in [-0.25, -0.2) is 4.39 Å². The summed E-state index contributed by atoms with van der Waals surface area (Å²) in [7, 11) is 0. The quantitative estimate of drug-likeness (QED) is 0.906. The van der Waals surface area contributed by atoms with Crippen LogP contribution in [-0.4, -0.2) is 19.0 Å². The zero-order valence-electron chi connectivity index (χ0n) is 11.9. The second-order valence-electron chi connectivity index (χ2n) is 5.38. The van der Waals surface area contributed by atoms with Crippen LogP contribution in [0.5, 0.6) is 0 Å². The smallest absolute Gasteiger partial charge is 0.228 e. The summed E-state index contributed by atoms with van der Waals surface area (Å²) >= 11 is 5.89. The standard InChI is InChI=1S/C17H16ClFN2O/c18-13-3-1-11(2-4-13)15-9-14(19)5-6-16(15)21-17(22)12-7-8-20-10-12/h1-6,9,12,20H,7-8,10H2,(H,21,22)/t12-/m0/s1. The maximum Gasteiger partial charge on any atom is 0.228 e. The number of benzene rings is 2. The van der Waals surface area contributed by atoms with Crippen molar-refractivity contribution in [1.29, 1.82) is 0 Å². The van der Waals surface area contributed by atoms with Gasteiger partial charge in [-0.3, -0.25) is 4.79 Å². The molecule has 1 atom stereocenters. The summed E-state index contributed by atoms with van der Waals surface area (Å²) < 4.78 is 13.6. The Hall–Kier alpha value is -1.91. The van der Waals surface area contributed by atoms with Gasteiger partial charge in [0.05, 0.1) is 5.92 Å². The molecule has 5 heteroatoms. The minimum absolute atomic E-state index is 0.0354. The second kappa shape index (κ2) is 6.46. The molecule has 2 aromatic carbocycles. The Morgan fingerprint density at radius 3 is 2.68 bits per heavy atom. The Kier molecular flexibility index (Phi) is 4.41. The summed E-state index contributed by atoms with van der Waals surface area (Å²) in [4.78, 5) is 12.3. The largest absolute Gasteiger partial charge is 0.325 e. The van der Waals surface area contributed by atoms with Crippen LogP contribution in [0, 0.1) is 11.7 Å². The van der Waals surface area contributed by atoms with Crippen LogP contribution in [0.4, 0.5) is 10.1 Å². The monoisotopic (exact) mass is 318 g/mol. The van der Waals surface area contributed by atoms with Crippen molar-refractivity contribution < 1.29 is 9.18 Å². The highest BCUT2D eigenvalue weighted by atomic mass is 35.5. The van der Waals surface area contributed by atoms with Gasteiger partial charge in [0.25, 0.3) is 0 Å². The van der Waals surface area contributed by atoms with E-state index in [2.05, 4.69) is 10.6 Å². The van der Waals surface area contributed by atoms with E-state index >= 15 is 0 Å². The fraction of sp³-hybridized carbons (Fsp3) is 0.235. The van der Waals surface area contributed by atoms with Crippen LogP contribution in [0.2, 0.25) is 5.02 Å². The first-order valence-electron chi connectivity index (χ1n) is 7.20. The van der Waals surface area contributed by atoms with Gasteiger partial charge in [0.1, 0.15) is 5.82 Å². The van der Waals surface area contributed by atoms with E-state index in [1.807, 2.05) is 12.1 Å². The fourth-order valence-corrected chi connectivity index (χ4v) is 2.73. The molecule has 0 bridgehead atoms. The lowest BCUT2D eigenvalue weighted by Gasteiger charge is -2.14. The first-order valence-corrected chi connectivity index (χ1v) is 7.58. The molecule has 2 N–H and O–H groups in total. The van der Waals surface area contributed by atoms with Crippen LogP contribution in [0.1, 0.15) is 6.42 Å². The van der Waals surface area contributed by atoms with E-state index in [4.69, 9.17) is 11.6 Å². The molecule has 3 nitrogen and oxygen atoms in total. The second-order valence-corrected chi connectivity index (χ2v) is 5.81. The molecule has 0 saturated carbocycles. The van der Waals surface area contributed by atoms with E-state index in [-0.39, 0.29) is 17.6 Å². The molecule has 3 rings (SSSR count). The van der Waals surface area contributed by atoms with Crippen molar-refractivity contribution in [2.75, 3.05) is 18.4 Å². The molecule has 0 aromatic heterocycles. The first-order chi connectivity index (χ1) is 10.6. The first kappa shape index (κ1) is 15.0. The predicted molar refractivity (Wildman–Crippen MR) is 86.5 cm³/mol. The van der Waals surface area contributed by atoms with Gasteiger partial charge in [0, 0.05) is 22.8 Å². The van der Waals surface area contributed by atoms with Crippen molar-refractivity contribution in [2.45, 2.75) is 6.42 Å². The van der Waals surface area contributed by atoms with Crippen molar-refractivity contribution in [3.63, 3.8) is 0 Å². The van der Waals surface area contributed by atoms with Crippen molar-refractivity contribution in [2.24, 2.45) is 5.92 Å². The molecular formula is C17H16ClFN2O. The van der Waals surface area contributed by atoms with Gasteiger partial charge in [0.15, 0.2) is 0 Å². The molecule has 1 aliphatic rings. The molecule has 0 spiro atoms. The summed E-state index contributed by atoms with van der Waals surface area (Å²) in [5.41, 5.74) is 2.07. The highest BCUT2D eigenvalue weighted by molar-refractivity contribution is 6.30. The van der Waals surface area contributed by atoms with Gasteiger partial charge in [-0.15, -0.1) is 0 Å². The highest BCUT2D eigenvalue weighted by Crippen LogP contribution is 2.30. The summed E-state index contributed by atoms with van der Waals surface area (Å²) in [5, 5.41) is 6.69. The van der Waals surface area contributed by atoms with E-state index in [0.29, 0.717) is 22.8 Å². The lowest BCUT2D eigenvalue weighted by Crippen LogP contribution is -2.24. The molecular weight excluding hydrogens is 303 g/mol. The Morgan fingerprint density at radius 2 is 2.00 bits per heavy atom. The van der Waals surface area contributed by atoms with Gasteiger partial charge in [-0.05, 0) is 48.9 Å². The zero-order valence-corrected chi connectivity index (χ0v) is 12.7. The van der Waals surface area contributed by atoms with Gasteiger partial charge >= 0.3 is 0 Å². The molecule has 1 heterocycles. The topological polar surface area (TPSA) is 41.1 Å². The van der Waals surface area contributed by atoms with Crippen LogP contribution in [0.3, 0.4) is 0 Å². The number of carbonyl (C=O) groups is 1. The van der Waals surface area contributed by atoms with Gasteiger partial charge in [0.2, 0.25) is 5.91 Å². The normalized spacial score (nSPS) is 17.5. The Morgan fingerprint density at radius 1 is 1.23 bits per heavy atom. The van der Waals surface area contributed by atoms with Crippen molar-refractivity contribution in [3.8, 4) is 11.1 Å². The Bertz CT molecular complexity index is 682. The average molecular weight is 319 g/mol. The molecule has 114 valence electrons. The summed E-state index contributed by atoms with van der Waals surface area (Å²) in [6, 6.07) is 11.5. The van der Waals surface area contributed by atoms with Gasteiger partial charge < -0.3 is 10.6 Å². The van der Waals surface area contributed by atoms with Crippen LogP contribution in [0.15, 0.2) is 42.5 Å². The number of nitrogens with one attached hydrogen (secondary N) is 2. The lowest BCUT2D eigenvalue weighted by molar-refractivity contribution is -0.119. The van der Waals surface area contributed by atoms with Crippen LogP contribution in [-0.2, 0) is 4.79 Å². The molecule has 0 aliphatic carbocycles. The number of hydrogen-bond donors (Lipinski definition) is 2. The maximum atomic E-state index is 13.6. The third-order valence-corrected chi connectivity index (χ3v) is 4.08. The number of hydrogen-bond acceptors (Lipinski definition) is 2. The van der Waals surface area contributed by atoms with Crippen molar-refractivity contribution in [3.05, 3.63) is 53.3 Å². The van der Waals surface area contributed by atoms with E-state index in [1.54, 1.807) is 18.2 Å². The SMILES string of the molecule is O=C(Nc1ccc(F)cc1-c1ccc(Cl)cc1)[C@H]1CCNC1. The Balaban J connectivity index is 1.90. The maximum absolute atomic E-state index is 13.6. The van der Waals surface area contributed by atoms with Crippen LogP contribution >= 0.6 is 11.6 Å². The molecule has 0 radical (unpaired) electrons. The number of rotatable bonds is 3. The van der Waals surface area contributed by atoms with Crippen LogP contribution < -0.4 is 10.6 Å². The van der Waals surface area contributed by atoms with E-state index < -0.39 is 0 Å². The van der Waals surface area contributed by atoms with Crippen molar-refractivity contribution >= 4 is 23.2 Å². The Labute approximate surface area is 133 Å². The highest BCUT2D eigenvalue weighted by Gasteiger charge is 2.23. The number of halogens is 2. The minimum atomic E-state index is -0.342. The molecule has 22 heavy (non-hydrogen) atoms. The molecule has 1 saturated heterocycles. The number of anilines is 1. The third kappa shape index (κ3) is 3.29. The molecule has 2 aromatic rings. The predicted octanol–water partition coefficient (Wildman–Crippen LogP) is 3.69. The summed E-state index contributed by atoms with van der Waals surface area (Å²) in [6.45, 7) is 1.54. The third-order valence-electron chi connectivity index (χ3n) is 3.83. The minimum Gasteiger partial charge on any atom is -0.325 e. The number of amides is 1. The fourth-order valence-electron chi connectivity index (χ4n) is 2.61.